The molecular weight excluding hydrogens is 354 g/mol. The van der Waals surface area contributed by atoms with Gasteiger partial charge in [-0.2, -0.15) is 10.2 Å². The maximum absolute atomic E-state index is 11.8. The van der Waals surface area contributed by atoms with Gasteiger partial charge in [-0.15, -0.1) is 0 Å². The van der Waals surface area contributed by atoms with Gasteiger partial charge in [0.1, 0.15) is 18.4 Å². The summed E-state index contributed by atoms with van der Waals surface area (Å²) in [5.41, 5.74) is 4.92. The van der Waals surface area contributed by atoms with Gasteiger partial charge in [-0.3, -0.25) is 4.79 Å². The lowest BCUT2D eigenvalue weighted by molar-refractivity contribution is -0.123. The Morgan fingerprint density at radius 2 is 1.92 bits per heavy atom. The second-order valence-electron chi connectivity index (χ2n) is 5.36. The Morgan fingerprint density at radius 3 is 2.58 bits per heavy atom. The van der Waals surface area contributed by atoms with E-state index in [0.717, 1.165) is 11.3 Å². The molecule has 3 rings (SSSR count). The zero-order chi connectivity index (χ0) is 18.4. The van der Waals surface area contributed by atoms with Crippen molar-refractivity contribution in [3.8, 4) is 11.4 Å². The van der Waals surface area contributed by atoms with Crippen molar-refractivity contribution in [3.05, 3.63) is 71.8 Å². The zero-order valence-electron chi connectivity index (χ0n) is 14.0. The molecule has 1 N–H and O–H groups in total. The molecule has 0 radical (unpaired) electrons. The fraction of sp³-hybridized carbons (Fsp3) is 0.111. The summed E-state index contributed by atoms with van der Waals surface area (Å²) in [6.45, 7) is 1.68. The van der Waals surface area contributed by atoms with Crippen molar-refractivity contribution in [1.82, 2.24) is 20.2 Å². The number of carbonyl (C=O) groups excluding carboxylic acids is 1. The van der Waals surface area contributed by atoms with Crippen LogP contribution in [0, 0.1) is 0 Å². The zero-order valence-corrected chi connectivity index (χ0v) is 14.7. The van der Waals surface area contributed by atoms with Crippen LogP contribution in [0.25, 0.3) is 5.69 Å². The van der Waals surface area contributed by atoms with Crippen LogP contribution in [0.2, 0.25) is 5.02 Å². The predicted molar refractivity (Wildman–Crippen MR) is 98.7 cm³/mol. The van der Waals surface area contributed by atoms with E-state index in [1.54, 1.807) is 35.3 Å². The van der Waals surface area contributed by atoms with E-state index in [0.29, 0.717) is 16.5 Å². The first-order chi connectivity index (χ1) is 12.6. The Morgan fingerprint density at radius 1 is 1.19 bits per heavy atom. The van der Waals surface area contributed by atoms with Gasteiger partial charge >= 0.3 is 0 Å². The summed E-state index contributed by atoms with van der Waals surface area (Å²) in [7, 11) is 0. The predicted octanol–water partition coefficient (Wildman–Crippen LogP) is 2.84. The van der Waals surface area contributed by atoms with Gasteiger partial charge in [0.2, 0.25) is 0 Å². The SMILES string of the molecule is C/C(=N\NC(=O)COc1ccc(Cl)cc1)c1ccc(-n2cncn2)cc1. The standard InChI is InChI=1S/C18H16ClN5O2/c1-13(14-2-6-16(7-3-14)24-12-20-11-21-24)22-23-18(25)10-26-17-8-4-15(19)5-9-17/h2-9,11-12H,10H2,1H3,(H,23,25)/b22-13+. The number of aromatic nitrogens is 3. The number of hydrogen-bond acceptors (Lipinski definition) is 5. The van der Waals surface area contributed by atoms with Crippen LogP contribution < -0.4 is 10.2 Å². The van der Waals surface area contributed by atoms with E-state index in [-0.39, 0.29) is 12.5 Å². The first kappa shape index (κ1) is 17.6. The molecule has 2 aromatic carbocycles. The second kappa shape index (κ2) is 8.26. The fourth-order valence-electron chi connectivity index (χ4n) is 2.12. The average molecular weight is 370 g/mol. The molecule has 7 nitrogen and oxygen atoms in total. The number of hydrogen-bond donors (Lipinski definition) is 1. The lowest BCUT2D eigenvalue weighted by atomic mass is 10.1. The van der Waals surface area contributed by atoms with Gasteiger partial charge in [0.05, 0.1) is 11.4 Å². The van der Waals surface area contributed by atoms with Gasteiger partial charge < -0.3 is 4.74 Å². The topological polar surface area (TPSA) is 81.4 Å². The highest BCUT2D eigenvalue weighted by molar-refractivity contribution is 6.30. The number of nitrogens with zero attached hydrogens (tertiary/aromatic N) is 4. The summed E-state index contributed by atoms with van der Waals surface area (Å²) in [6.07, 6.45) is 3.10. The van der Waals surface area contributed by atoms with Gasteiger partial charge in [0.15, 0.2) is 6.61 Å². The van der Waals surface area contributed by atoms with Crippen molar-refractivity contribution in [2.24, 2.45) is 5.10 Å². The molecule has 8 heteroatoms. The van der Waals surface area contributed by atoms with Crippen molar-refractivity contribution in [2.75, 3.05) is 6.61 Å². The van der Waals surface area contributed by atoms with Crippen LogP contribution in [-0.4, -0.2) is 33.0 Å². The van der Waals surface area contributed by atoms with Crippen LogP contribution in [0.3, 0.4) is 0 Å². The highest BCUT2D eigenvalue weighted by Gasteiger charge is 2.04. The molecule has 0 fully saturated rings. The average Bonchev–Trinajstić information content (AvgIpc) is 3.20. The Bertz CT molecular complexity index is 890. The van der Waals surface area contributed by atoms with Crippen LogP contribution in [-0.2, 0) is 4.79 Å². The molecule has 0 atom stereocenters. The number of rotatable bonds is 6. The van der Waals surface area contributed by atoms with Crippen LogP contribution in [0.4, 0.5) is 0 Å². The molecule has 0 bridgehead atoms. The maximum atomic E-state index is 11.8. The summed E-state index contributed by atoms with van der Waals surface area (Å²) < 4.78 is 7.02. The molecule has 0 aliphatic heterocycles. The Labute approximate surface area is 155 Å². The van der Waals surface area contributed by atoms with Crippen molar-refractivity contribution < 1.29 is 9.53 Å². The van der Waals surface area contributed by atoms with E-state index in [1.165, 1.54) is 6.33 Å². The van der Waals surface area contributed by atoms with Crippen molar-refractivity contribution >= 4 is 23.2 Å². The van der Waals surface area contributed by atoms with Crippen LogP contribution in [0.1, 0.15) is 12.5 Å². The number of ether oxygens (including phenoxy) is 1. The third-order valence-electron chi connectivity index (χ3n) is 3.50. The molecule has 0 spiro atoms. The minimum atomic E-state index is -0.349. The Hall–Kier alpha value is -3.19. The number of amides is 1. The quantitative estimate of drug-likeness (QED) is 0.535. The molecule has 1 heterocycles. The smallest absolute Gasteiger partial charge is 0.277 e. The number of halogens is 1. The fourth-order valence-corrected chi connectivity index (χ4v) is 2.25. The number of hydrazone groups is 1. The number of nitrogens with one attached hydrogen (secondary N) is 1. The number of carbonyl (C=O) groups is 1. The lowest BCUT2D eigenvalue weighted by Crippen LogP contribution is -2.25. The summed E-state index contributed by atoms with van der Waals surface area (Å²) in [6, 6.07) is 14.4. The molecule has 3 aromatic rings. The third kappa shape index (κ3) is 4.67. The molecule has 0 aliphatic carbocycles. The van der Waals surface area contributed by atoms with Gasteiger partial charge in [-0.05, 0) is 48.9 Å². The van der Waals surface area contributed by atoms with Gasteiger partial charge in [-0.25, -0.2) is 15.1 Å². The molecule has 132 valence electrons. The van der Waals surface area contributed by atoms with E-state index in [9.17, 15) is 4.79 Å². The molecule has 0 saturated heterocycles. The van der Waals surface area contributed by atoms with Crippen molar-refractivity contribution in [2.45, 2.75) is 6.92 Å². The maximum Gasteiger partial charge on any atom is 0.277 e. The molecule has 26 heavy (non-hydrogen) atoms. The van der Waals surface area contributed by atoms with Crippen LogP contribution in [0.5, 0.6) is 5.75 Å². The van der Waals surface area contributed by atoms with E-state index < -0.39 is 0 Å². The minimum Gasteiger partial charge on any atom is -0.484 e. The Balaban J connectivity index is 1.54. The largest absolute Gasteiger partial charge is 0.484 e. The van der Waals surface area contributed by atoms with E-state index in [1.807, 2.05) is 31.2 Å². The first-order valence-electron chi connectivity index (χ1n) is 7.79. The lowest BCUT2D eigenvalue weighted by Gasteiger charge is -2.06. The summed E-state index contributed by atoms with van der Waals surface area (Å²) in [5.74, 6) is 0.215. The number of benzene rings is 2. The van der Waals surface area contributed by atoms with E-state index in [2.05, 4.69) is 20.6 Å². The third-order valence-corrected chi connectivity index (χ3v) is 3.75. The second-order valence-corrected chi connectivity index (χ2v) is 5.80. The van der Waals surface area contributed by atoms with Crippen LogP contribution in [0.15, 0.2) is 66.3 Å². The molecule has 0 saturated carbocycles. The molecule has 0 unspecified atom stereocenters. The summed E-state index contributed by atoms with van der Waals surface area (Å²) >= 11 is 5.80. The highest BCUT2D eigenvalue weighted by Crippen LogP contribution is 2.15. The van der Waals surface area contributed by atoms with Gasteiger partial charge in [0, 0.05) is 5.02 Å². The monoisotopic (exact) mass is 369 g/mol. The molecule has 0 aliphatic rings. The molecule has 1 aromatic heterocycles. The normalized spacial score (nSPS) is 11.2. The van der Waals surface area contributed by atoms with Gasteiger partial charge in [0.25, 0.3) is 5.91 Å². The Kier molecular flexibility index (Phi) is 5.60. The van der Waals surface area contributed by atoms with E-state index >= 15 is 0 Å². The van der Waals surface area contributed by atoms with E-state index in [4.69, 9.17) is 16.3 Å². The van der Waals surface area contributed by atoms with Crippen molar-refractivity contribution in [3.63, 3.8) is 0 Å². The summed E-state index contributed by atoms with van der Waals surface area (Å²) in [5, 5.41) is 8.77. The minimum absolute atomic E-state index is 0.135. The first-order valence-corrected chi connectivity index (χ1v) is 8.16. The molecule has 1 amide bonds. The van der Waals surface area contributed by atoms with Gasteiger partial charge in [-0.1, -0.05) is 23.7 Å². The summed E-state index contributed by atoms with van der Waals surface area (Å²) in [4.78, 5) is 15.8. The van der Waals surface area contributed by atoms with Crippen molar-refractivity contribution in [1.29, 1.82) is 0 Å². The highest BCUT2D eigenvalue weighted by atomic mass is 35.5. The molecular formula is C18H16ClN5O2. The van der Waals surface area contributed by atoms with Crippen LogP contribution >= 0.6 is 11.6 Å².